The number of carbonyl (C=O) groups is 1. The van der Waals surface area contributed by atoms with Crippen LogP contribution in [0.1, 0.15) is 24.2 Å². The number of amides is 1. The fourth-order valence-corrected chi connectivity index (χ4v) is 2.12. The summed E-state index contributed by atoms with van der Waals surface area (Å²) in [7, 11) is 5.94. The first-order valence-electron chi connectivity index (χ1n) is 6.55. The summed E-state index contributed by atoms with van der Waals surface area (Å²) >= 11 is 0. The molecule has 0 saturated heterocycles. The van der Waals surface area contributed by atoms with Crippen molar-refractivity contribution in [3.63, 3.8) is 0 Å². The molecule has 19 heavy (non-hydrogen) atoms. The molecule has 0 aliphatic carbocycles. The van der Waals surface area contributed by atoms with Crippen LogP contribution in [0.3, 0.4) is 0 Å². The number of anilines is 1. The zero-order valence-corrected chi connectivity index (χ0v) is 12.6. The number of nitrogens with zero attached hydrogens (tertiary/aromatic N) is 1. The van der Waals surface area contributed by atoms with Gasteiger partial charge in [-0.05, 0) is 43.8 Å². The summed E-state index contributed by atoms with van der Waals surface area (Å²) in [5, 5.41) is 6.03. The molecule has 2 N–H and O–H groups in total. The van der Waals surface area contributed by atoms with E-state index in [1.807, 2.05) is 45.4 Å². The molecule has 0 unspecified atom stereocenters. The zero-order chi connectivity index (χ0) is 14.5. The average molecular weight is 263 g/mol. The van der Waals surface area contributed by atoms with Gasteiger partial charge in [0.2, 0.25) is 0 Å². The van der Waals surface area contributed by atoms with Gasteiger partial charge in [-0.1, -0.05) is 13.8 Å². The fraction of sp³-hybridized carbons (Fsp3) is 0.533. The highest BCUT2D eigenvalue weighted by Crippen LogP contribution is 2.15. The summed E-state index contributed by atoms with van der Waals surface area (Å²) in [5.74, 6) is -0.0190. The summed E-state index contributed by atoms with van der Waals surface area (Å²) < 4.78 is 0. The Labute approximate surface area is 116 Å². The number of hydrogen-bond donors (Lipinski definition) is 2. The van der Waals surface area contributed by atoms with E-state index in [4.69, 9.17) is 0 Å². The third kappa shape index (κ3) is 5.30. The molecule has 0 heterocycles. The van der Waals surface area contributed by atoms with Crippen LogP contribution in [-0.4, -0.2) is 45.0 Å². The molecular weight excluding hydrogens is 238 g/mol. The van der Waals surface area contributed by atoms with Crippen LogP contribution in [0.4, 0.5) is 5.69 Å². The first kappa shape index (κ1) is 15.5. The summed E-state index contributed by atoms with van der Waals surface area (Å²) in [4.78, 5) is 14.2. The molecule has 1 rings (SSSR count). The predicted molar refractivity (Wildman–Crippen MR) is 80.7 cm³/mol. The Morgan fingerprint density at radius 1 is 1.21 bits per heavy atom. The first-order valence-corrected chi connectivity index (χ1v) is 6.55. The van der Waals surface area contributed by atoms with Crippen molar-refractivity contribution in [3.8, 4) is 0 Å². The lowest BCUT2D eigenvalue weighted by Crippen LogP contribution is -2.39. The molecule has 0 spiro atoms. The SMILES string of the molecule is CNc1ccc(C(=O)NCC(C)(C)CN(C)C)cc1. The molecule has 0 atom stereocenters. The second kappa shape index (κ2) is 6.57. The van der Waals surface area contributed by atoms with Crippen LogP contribution in [0.2, 0.25) is 0 Å². The van der Waals surface area contributed by atoms with Gasteiger partial charge in [-0.2, -0.15) is 0 Å². The van der Waals surface area contributed by atoms with Crippen molar-refractivity contribution >= 4 is 11.6 Å². The molecule has 0 aliphatic heterocycles. The largest absolute Gasteiger partial charge is 0.388 e. The highest BCUT2D eigenvalue weighted by atomic mass is 16.1. The summed E-state index contributed by atoms with van der Waals surface area (Å²) in [6.45, 7) is 5.90. The fourth-order valence-electron chi connectivity index (χ4n) is 2.12. The molecule has 0 bridgehead atoms. The van der Waals surface area contributed by atoms with E-state index in [-0.39, 0.29) is 11.3 Å². The molecule has 4 nitrogen and oxygen atoms in total. The van der Waals surface area contributed by atoms with Crippen molar-refractivity contribution in [2.45, 2.75) is 13.8 Å². The van der Waals surface area contributed by atoms with Crippen LogP contribution >= 0.6 is 0 Å². The van der Waals surface area contributed by atoms with E-state index in [1.165, 1.54) is 0 Å². The lowest BCUT2D eigenvalue weighted by Gasteiger charge is -2.28. The third-order valence-electron chi connectivity index (χ3n) is 2.91. The van der Waals surface area contributed by atoms with Gasteiger partial charge < -0.3 is 15.5 Å². The molecular formula is C15H25N3O. The molecule has 0 radical (unpaired) electrons. The number of rotatable bonds is 6. The van der Waals surface area contributed by atoms with E-state index in [0.29, 0.717) is 12.1 Å². The van der Waals surface area contributed by atoms with Crippen molar-refractivity contribution in [1.82, 2.24) is 10.2 Å². The van der Waals surface area contributed by atoms with Crippen LogP contribution in [0.25, 0.3) is 0 Å². The van der Waals surface area contributed by atoms with E-state index in [1.54, 1.807) is 0 Å². The first-order chi connectivity index (χ1) is 8.84. The minimum atomic E-state index is -0.0190. The monoisotopic (exact) mass is 263 g/mol. The van der Waals surface area contributed by atoms with Gasteiger partial charge in [0.05, 0.1) is 0 Å². The standard InChI is InChI=1S/C15H25N3O/c1-15(2,11-18(4)5)10-17-14(19)12-6-8-13(16-3)9-7-12/h6-9,16H,10-11H2,1-5H3,(H,17,19). The maximum absolute atomic E-state index is 12.0. The topological polar surface area (TPSA) is 44.4 Å². The van der Waals surface area contributed by atoms with Gasteiger partial charge in [0.15, 0.2) is 0 Å². The smallest absolute Gasteiger partial charge is 0.251 e. The average Bonchev–Trinajstić information content (AvgIpc) is 2.34. The third-order valence-corrected chi connectivity index (χ3v) is 2.91. The lowest BCUT2D eigenvalue weighted by molar-refractivity contribution is 0.0929. The highest BCUT2D eigenvalue weighted by molar-refractivity contribution is 5.94. The minimum absolute atomic E-state index is 0.0190. The van der Waals surface area contributed by atoms with Gasteiger partial charge in [-0.15, -0.1) is 0 Å². The van der Waals surface area contributed by atoms with Crippen molar-refractivity contribution in [1.29, 1.82) is 0 Å². The van der Waals surface area contributed by atoms with E-state index in [2.05, 4.69) is 29.4 Å². The predicted octanol–water partition coefficient (Wildman–Crippen LogP) is 2.05. The summed E-state index contributed by atoms with van der Waals surface area (Å²) in [6, 6.07) is 7.47. The van der Waals surface area contributed by atoms with Crippen molar-refractivity contribution in [3.05, 3.63) is 29.8 Å². The molecule has 1 aromatic carbocycles. The Hall–Kier alpha value is -1.55. The molecule has 0 aliphatic rings. The van der Waals surface area contributed by atoms with Crippen LogP contribution in [0, 0.1) is 5.41 Å². The zero-order valence-electron chi connectivity index (χ0n) is 12.6. The van der Waals surface area contributed by atoms with Gasteiger partial charge in [0.1, 0.15) is 0 Å². The molecule has 0 saturated carbocycles. The quantitative estimate of drug-likeness (QED) is 0.825. The van der Waals surface area contributed by atoms with E-state index in [0.717, 1.165) is 12.2 Å². The second-order valence-corrected chi connectivity index (χ2v) is 5.91. The van der Waals surface area contributed by atoms with Crippen LogP contribution in [0.5, 0.6) is 0 Å². The lowest BCUT2D eigenvalue weighted by atomic mass is 9.93. The Morgan fingerprint density at radius 3 is 2.26 bits per heavy atom. The van der Waals surface area contributed by atoms with Gasteiger partial charge in [-0.25, -0.2) is 0 Å². The van der Waals surface area contributed by atoms with Crippen LogP contribution < -0.4 is 10.6 Å². The van der Waals surface area contributed by atoms with Crippen molar-refractivity contribution < 1.29 is 4.79 Å². The normalized spacial score (nSPS) is 11.5. The molecule has 1 amide bonds. The Bertz CT molecular complexity index is 410. The Kier molecular flexibility index (Phi) is 5.36. The molecule has 1 aromatic rings. The van der Waals surface area contributed by atoms with E-state index < -0.39 is 0 Å². The van der Waals surface area contributed by atoms with Crippen molar-refractivity contribution in [2.24, 2.45) is 5.41 Å². The van der Waals surface area contributed by atoms with E-state index in [9.17, 15) is 4.79 Å². The molecule has 0 fully saturated rings. The van der Waals surface area contributed by atoms with Crippen LogP contribution in [-0.2, 0) is 0 Å². The Balaban J connectivity index is 2.55. The number of hydrogen-bond acceptors (Lipinski definition) is 3. The number of carbonyl (C=O) groups excluding carboxylic acids is 1. The molecule has 0 aromatic heterocycles. The number of benzene rings is 1. The van der Waals surface area contributed by atoms with Crippen molar-refractivity contribution in [2.75, 3.05) is 39.5 Å². The van der Waals surface area contributed by atoms with Gasteiger partial charge in [0.25, 0.3) is 5.91 Å². The van der Waals surface area contributed by atoms with E-state index >= 15 is 0 Å². The maximum Gasteiger partial charge on any atom is 0.251 e. The summed E-state index contributed by atoms with van der Waals surface area (Å²) in [6.07, 6.45) is 0. The van der Waals surface area contributed by atoms with Gasteiger partial charge in [0, 0.05) is 31.4 Å². The minimum Gasteiger partial charge on any atom is -0.388 e. The van der Waals surface area contributed by atoms with Gasteiger partial charge >= 0.3 is 0 Å². The summed E-state index contributed by atoms with van der Waals surface area (Å²) in [5.41, 5.74) is 1.76. The van der Waals surface area contributed by atoms with Gasteiger partial charge in [-0.3, -0.25) is 4.79 Å². The Morgan fingerprint density at radius 2 is 1.79 bits per heavy atom. The second-order valence-electron chi connectivity index (χ2n) is 5.91. The highest BCUT2D eigenvalue weighted by Gasteiger charge is 2.20. The van der Waals surface area contributed by atoms with Crippen LogP contribution in [0.15, 0.2) is 24.3 Å². The number of nitrogens with one attached hydrogen (secondary N) is 2. The molecule has 4 heteroatoms. The maximum atomic E-state index is 12.0. The molecule has 106 valence electrons.